The molecular formula is C72H54N4O2. The first-order valence-corrected chi connectivity index (χ1v) is 26.9. The molecule has 0 unspecified atom stereocenters. The number of anilines is 8. The lowest BCUT2D eigenvalue weighted by atomic mass is 10.0. The lowest BCUT2D eigenvalue weighted by Crippen LogP contribution is -2.06. The predicted octanol–water partition coefficient (Wildman–Crippen LogP) is 20.1. The van der Waals surface area contributed by atoms with Crippen molar-refractivity contribution in [2.75, 3.05) is 34.5 Å². The van der Waals surface area contributed by atoms with Gasteiger partial charge in [-0.1, -0.05) is 146 Å². The van der Waals surface area contributed by atoms with E-state index in [4.69, 9.17) is 9.47 Å². The Hall–Kier alpha value is -10.0. The normalized spacial score (nSPS) is 11.5. The number of hydrogen-bond acceptors (Lipinski definition) is 6. The van der Waals surface area contributed by atoms with Gasteiger partial charge in [-0.3, -0.25) is 0 Å². The highest BCUT2D eigenvalue weighted by molar-refractivity contribution is 6.08. The highest BCUT2D eigenvalue weighted by Crippen LogP contribution is 2.40. The van der Waals surface area contributed by atoms with Crippen molar-refractivity contribution in [3.63, 3.8) is 0 Å². The van der Waals surface area contributed by atoms with Gasteiger partial charge < -0.3 is 30.7 Å². The molecule has 0 saturated heterocycles. The largest absolute Gasteiger partial charge is 0.491 e. The van der Waals surface area contributed by atoms with Gasteiger partial charge in [-0.25, -0.2) is 0 Å². The molecule has 14 aromatic carbocycles. The van der Waals surface area contributed by atoms with Gasteiger partial charge in [0.05, 0.1) is 24.6 Å². The molecule has 0 heterocycles. The fourth-order valence-electron chi connectivity index (χ4n) is 11.1. The zero-order chi connectivity index (χ0) is 51.8. The van der Waals surface area contributed by atoms with Gasteiger partial charge >= 0.3 is 0 Å². The zero-order valence-corrected chi connectivity index (χ0v) is 42.9. The quantitative estimate of drug-likeness (QED) is 0.0606. The van der Waals surface area contributed by atoms with Crippen molar-refractivity contribution in [3.05, 3.63) is 255 Å². The van der Waals surface area contributed by atoms with Crippen LogP contribution in [0.5, 0.6) is 11.5 Å². The van der Waals surface area contributed by atoms with Crippen molar-refractivity contribution in [1.82, 2.24) is 0 Å². The van der Waals surface area contributed by atoms with Crippen molar-refractivity contribution in [2.45, 2.75) is 12.8 Å². The van der Waals surface area contributed by atoms with E-state index >= 15 is 0 Å². The van der Waals surface area contributed by atoms with Crippen molar-refractivity contribution in [2.24, 2.45) is 0 Å². The Morgan fingerprint density at radius 2 is 0.487 bits per heavy atom. The molecule has 0 atom stereocenters. The Morgan fingerprint density at radius 1 is 0.218 bits per heavy atom. The number of rotatable bonds is 15. The molecule has 0 radical (unpaired) electrons. The van der Waals surface area contributed by atoms with Crippen molar-refractivity contribution < 1.29 is 9.47 Å². The standard InChI is InChI=1S/C72H54N4O2/c1-5-19-51-41-61-55(37-47(51)15-1)23-11-27-65(61)73-59-31-33-71(69(45-59)75-67-29-13-25-57-39-49-17-3-7-21-53(49)43-63(57)67)77-35-9-10-36-78-72-34-32-60(74-66-28-12-24-56-38-48-16-2-6-20-52(48)42-62(56)66)46-70(72)76-68-30-14-26-58-40-50-18-4-8-22-54(50)44-64(58)68/h1-8,11-34,37-46,73-76H,9-10,35-36H2. The number of benzene rings is 14. The SMILES string of the molecule is c1ccc2cc3c(Nc4ccc(OCCCCOc5ccc(Nc6cccc7cc8ccccc8cc67)cc5Nc5cccc6cc7ccccc7cc56)c(Nc5cccc6cc7ccccc7cc56)c4)cccc3cc2c1. The third-order valence-electron chi connectivity index (χ3n) is 15.1. The maximum atomic E-state index is 6.70. The smallest absolute Gasteiger partial charge is 0.142 e. The molecular weight excluding hydrogens is 953 g/mol. The van der Waals surface area contributed by atoms with Crippen molar-refractivity contribution in [3.8, 4) is 11.5 Å². The number of hydrogen-bond donors (Lipinski definition) is 4. The second-order valence-corrected chi connectivity index (χ2v) is 20.2. The minimum absolute atomic E-state index is 0.514. The predicted molar refractivity (Wildman–Crippen MR) is 332 cm³/mol. The first-order valence-electron chi connectivity index (χ1n) is 26.9. The van der Waals surface area contributed by atoms with Crippen LogP contribution in [0.15, 0.2) is 255 Å². The Balaban J connectivity index is 0.725. The summed E-state index contributed by atoms with van der Waals surface area (Å²) in [6, 6.07) is 90.7. The van der Waals surface area contributed by atoms with Gasteiger partial charge in [0.15, 0.2) is 0 Å². The highest BCUT2D eigenvalue weighted by Gasteiger charge is 2.15. The molecule has 0 spiro atoms. The topological polar surface area (TPSA) is 66.6 Å². The van der Waals surface area contributed by atoms with Crippen LogP contribution in [0.2, 0.25) is 0 Å². The molecule has 0 aliphatic rings. The number of unbranched alkanes of at least 4 members (excludes halogenated alkanes) is 1. The van der Waals surface area contributed by atoms with E-state index in [0.717, 1.165) is 80.6 Å². The van der Waals surface area contributed by atoms with Crippen LogP contribution in [0.4, 0.5) is 45.5 Å². The maximum Gasteiger partial charge on any atom is 0.142 e. The number of ether oxygens (including phenoxy) is 2. The Morgan fingerprint density at radius 3 is 0.795 bits per heavy atom. The van der Waals surface area contributed by atoms with Gasteiger partial charge in [0.25, 0.3) is 0 Å². The minimum Gasteiger partial charge on any atom is -0.491 e. The van der Waals surface area contributed by atoms with E-state index in [1.165, 1.54) is 75.4 Å². The summed E-state index contributed by atoms with van der Waals surface area (Å²) in [4.78, 5) is 0. The summed E-state index contributed by atoms with van der Waals surface area (Å²) in [5.41, 5.74) is 7.79. The summed E-state index contributed by atoms with van der Waals surface area (Å²) in [6.45, 7) is 1.03. The molecule has 0 saturated carbocycles. The van der Waals surface area contributed by atoms with Crippen LogP contribution in [-0.2, 0) is 0 Å². The monoisotopic (exact) mass is 1010 g/mol. The lowest BCUT2D eigenvalue weighted by molar-refractivity contribution is 0.268. The van der Waals surface area contributed by atoms with E-state index in [9.17, 15) is 0 Å². The highest BCUT2D eigenvalue weighted by atomic mass is 16.5. The van der Waals surface area contributed by atoms with E-state index in [-0.39, 0.29) is 0 Å². The first kappa shape index (κ1) is 46.5. The van der Waals surface area contributed by atoms with E-state index < -0.39 is 0 Å². The van der Waals surface area contributed by atoms with Crippen LogP contribution in [0, 0.1) is 0 Å². The van der Waals surface area contributed by atoms with Crippen LogP contribution in [0.3, 0.4) is 0 Å². The average Bonchev–Trinajstić information content (AvgIpc) is 3.50. The molecule has 0 amide bonds. The fraction of sp³-hybridized carbons (Fsp3) is 0.0556. The van der Waals surface area contributed by atoms with Crippen molar-refractivity contribution >= 4 is 132 Å². The summed E-state index contributed by atoms with van der Waals surface area (Å²) in [5.74, 6) is 1.56. The second-order valence-electron chi connectivity index (χ2n) is 20.2. The summed E-state index contributed by atoms with van der Waals surface area (Å²) in [7, 11) is 0. The first-order chi connectivity index (χ1) is 38.6. The zero-order valence-electron chi connectivity index (χ0n) is 42.9. The van der Waals surface area contributed by atoms with E-state index in [2.05, 4.69) is 276 Å². The maximum absolute atomic E-state index is 6.70. The van der Waals surface area contributed by atoms with Crippen LogP contribution < -0.4 is 30.7 Å². The fourth-order valence-corrected chi connectivity index (χ4v) is 11.1. The Labute approximate surface area is 452 Å². The second kappa shape index (κ2) is 20.2. The number of nitrogens with one attached hydrogen (secondary N) is 4. The minimum atomic E-state index is 0.514. The molecule has 0 fully saturated rings. The molecule has 14 aromatic rings. The van der Waals surface area contributed by atoms with Gasteiger partial charge in [-0.2, -0.15) is 0 Å². The van der Waals surface area contributed by atoms with Gasteiger partial charge in [0.2, 0.25) is 0 Å². The molecule has 6 heteroatoms. The van der Waals surface area contributed by atoms with Gasteiger partial charge in [0.1, 0.15) is 11.5 Å². The summed E-state index contributed by atoms with van der Waals surface area (Å²) >= 11 is 0. The summed E-state index contributed by atoms with van der Waals surface area (Å²) in [5, 5.41) is 34.2. The molecule has 14 rings (SSSR count). The summed E-state index contributed by atoms with van der Waals surface area (Å²) < 4.78 is 13.4. The molecule has 78 heavy (non-hydrogen) atoms. The molecule has 6 nitrogen and oxygen atoms in total. The van der Waals surface area contributed by atoms with Crippen LogP contribution in [0.1, 0.15) is 12.8 Å². The Kier molecular flexibility index (Phi) is 12.1. The van der Waals surface area contributed by atoms with Crippen LogP contribution >= 0.6 is 0 Å². The van der Waals surface area contributed by atoms with Gasteiger partial charge in [0, 0.05) is 55.7 Å². The Bertz CT molecular complexity index is 4310. The third-order valence-corrected chi connectivity index (χ3v) is 15.1. The van der Waals surface area contributed by atoms with E-state index in [1.807, 2.05) is 0 Å². The third kappa shape index (κ3) is 9.30. The van der Waals surface area contributed by atoms with E-state index in [0.29, 0.717) is 13.2 Å². The molecule has 0 bridgehead atoms. The van der Waals surface area contributed by atoms with Crippen LogP contribution in [-0.4, -0.2) is 13.2 Å². The lowest BCUT2D eigenvalue weighted by Gasteiger charge is -2.19. The average molecular weight is 1010 g/mol. The molecule has 0 aromatic heterocycles. The number of fused-ring (bicyclic) bond motifs is 8. The molecule has 0 aliphatic carbocycles. The molecule has 4 N–H and O–H groups in total. The molecule has 374 valence electrons. The molecule has 0 aliphatic heterocycles. The van der Waals surface area contributed by atoms with Gasteiger partial charge in [-0.15, -0.1) is 0 Å². The van der Waals surface area contributed by atoms with Crippen LogP contribution in [0.25, 0.3) is 86.2 Å². The van der Waals surface area contributed by atoms with E-state index in [1.54, 1.807) is 0 Å². The van der Waals surface area contributed by atoms with Crippen molar-refractivity contribution in [1.29, 1.82) is 0 Å². The van der Waals surface area contributed by atoms with Gasteiger partial charge in [-0.05, 0) is 187 Å². The summed E-state index contributed by atoms with van der Waals surface area (Å²) in [6.07, 6.45) is 1.58.